The first-order valence-corrected chi connectivity index (χ1v) is 8.83. The fourth-order valence-corrected chi connectivity index (χ4v) is 2.67. The van der Waals surface area contributed by atoms with Gasteiger partial charge in [-0.2, -0.15) is 0 Å². The number of ether oxygens (including phenoxy) is 4. The van der Waals surface area contributed by atoms with Gasteiger partial charge in [0.2, 0.25) is 5.75 Å². The first-order chi connectivity index (χ1) is 14.3. The summed E-state index contributed by atoms with van der Waals surface area (Å²) in [7, 11) is 4.37. The van der Waals surface area contributed by atoms with Crippen LogP contribution in [-0.2, 0) is 20.7 Å². The van der Waals surface area contributed by atoms with Gasteiger partial charge in [0, 0.05) is 6.07 Å². The average molecular weight is 418 g/mol. The van der Waals surface area contributed by atoms with Crippen LogP contribution in [0.2, 0.25) is 0 Å². The van der Waals surface area contributed by atoms with E-state index in [1.807, 2.05) is 0 Å². The molecule has 0 saturated carbocycles. The summed E-state index contributed by atoms with van der Waals surface area (Å²) < 4.78 is 20.9. The Hall–Kier alpha value is -3.82. The van der Waals surface area contributed by atoms with Crippen molar-refractivity contribution in [3.8, 4) is 17.2 Å². The van der Waals surface area contributed by atoms with Crippen molar-refractivity contribution in [2.45, 2.75) is 19.4 Å². The molecule has 0 aromatic heterocycles. The normalized spacial score (nSPS) is 11.2. The number of methoxy groups -OCH3 is 3. The third kappa shape index (κ3) is 5.37. The molecule has 0 aliphatic rings. The van der Waals surface area contributed by atoms with E-state index in [1.54, 1.807) is 18.2 Å². The number of hydrogen-bond donors (Lipinski definition) is 1. The molecule has 2 rings (SSSR count). The minimum atomic E-state index is -1.17. The molecule has 1 N–H and O–H groups in total. The Labute approximate surface area is 172 Å². The number of nitrogens with one attached hydrogen (secondary N) is 1. The van der Waals surface area contributed by atoms with Gasteiger partial charge in [-0.3, -0.25) is 19.7 Å². The minimum Gasteiger partial charge on any atom is -0.493 e. The molecular weight excluding hydrogens is 396 g/mol. The molecule has 0 spiro atoms. The zero-order valence-electron chi connectivity index (χ0n) is 17.0. The van der Waals surface area contributed by atoms with Gasteiger partial charge in [-0.25, -0.2) is 0 Å². The number of esters is 1. The summed E-state index contributed by atoms with van der Waals surface area (Å²) in [5.41, 5.74) is 0.280. The van der Waals surface area contributed by atoms with Crippen molar-refractivity contribution < 1.29 is 33.5 Å². The number of amides is 1. The fourth-order valence-electron chi connectivity index (χ4n) is 2.67. The van der Waals surface area contributed by atoms with Crippen molar-refractivity contribution >= 4 is 23.3 Å². The molecule has 1 atom stereocenters. The number of hydrogen-bond acceptors (Lipinski definition) is 8. The Bertz CT molecular complexity index is 919. The van der Waals surface area contributed by atoms with Crippen molar-refractivity contribution in [3.05, 3.63) is 52.1 Å². The number of anilines is 1. The van der Waals surface area contributed by atoms with Gasteiger partial charge in [-0.15, -0.1) is 0 Å². The second-order valence-electron chi connectivity index (χ2n) is 6.11. The first kappa shape index (κ1) is 22.5. The standard InChI is InChI=1S/C20H22N2O8/c1-12(20(24)21-14-7-5-6-8-15(14)22(25)26)30-18(23)11-13-9-16(27-2)19(29-4)17(10-13)28-3/h5-10,12H,11H2,1-4H3,(H,21,24)/t12-/m1/s1. The van der Waals surface area contributed by atoms with Gasteiger partial charge in [-0.05, 0) is 30.7 Å². The van der Waals surface area contributed by atoms with Crippen molar-refractivity contribution in [1.29, 1.82) is 0 Å². The predicted molar refractivity (Wildman–Crippen MR) is 107 cm³/mol. The van der Waals surface area contributed by atoms with Gasteiger partial charge in [0.15, 0.2) is 17.6 Å². The van der Waals surface area contributed by atoms with Crippen molar-refractivity contribution in [1.82, 2.24) is 0 Å². The van der Waals surface area contributed by atoms with Crippen LogP contribution in [0, 0.1) is 10.1 Å². The van der Waals surface area contributed by atoms with Crippen molar-refractivity contribution in [2.24, 2.45) is 0 Å². The second-order valence-corrected chi connectivity index (χ2v) is 6.11. The van der Waals surface area contributed by atoms with Gasteiger partial charge < -0.3 is 24.3 Å². The zero-order chi connectivity index (χ0) is 22.3. The van der Waals surface area contributed by atoms with Crippen LogP contribution in [0.4, 0.5) is 11.4 Å². The summed E-state index contributed by atoms with van der Waals surface area (Å²) in [5, 5.41) is 13.4. The lowest BCUT2D eigenvalue weighted by molar-refractivity contribution is -0.383. The van der Waals surface area contributed by atoms with Crippen molar-refractivity contribution in [2.75, 3.05) is 26.6 Å². The van der Waals surface area contributed by atoms with E-state index in [0.29, 0.717) is 22.8 Å². The molecule has 0 radical (unpaired) electrons. The van der Waals surface area contributed by atoms with Crippen LogP contribution in [0.3, 0.4) is 0 Å². The van der Waals surface area contributed by atoms with Gasteiger partial charge in [-0.1, -0.05) is 12.1 Å². The number of carbonyl (C=O) groups excluding carboxylic acids is 2. The Kier molecular flexibility index (Phi) is 7.56. The lowest BCUT2D eigenvalue weighted by Crippen LogP contribution is -2.30. The zero-order valence-corrected chi connectivity index (χ0v) is 17.0. The van der Waals surface area contributed by atoms with E-state index in [1.165, 1.54) is 46.5 Å². The van der Waals surface area contributed by atoms with Crippen molar-refractivity contribution in [3.63, 3.8) is 0 Å². The Morgan fingerprint density at radius 2 is 1.67 bits per heavy atom. The lowest BCUT2D eigenvalue weighted by atomic mass is 10.1. The molecule has 0 saturated heterocycles. The van der Waals surface area contributed by atoms with Crippen LogP contribution >= 0.6 is 0 Å². The monoisotopic (exact) mass is 418 g/mol. The van der Waals surface area contributed by atoms with E-state index in [2.05, 4.69) is 5.32 Å². The number of carbonyl (C=O) groups is 2. The molecule has 0 aliphatic carbocycles. The number of nitro groups is 1. The number of para-hydroxylation sites is 2. The Morgan fingerprint density at radius 3 is 2.20 bits per heavy atom. The molecule has 0 unspecified atom stereocenters. The summed E-state index contributed by atoms with van der Waals surface area (Å²) >= 11 is 0. The maximum Gasteiger partial charge on any atom is 0.311 e. The Morgan fingerprint density at radius 1 is 1.07 bits per heavy atom. The summed E-state index contributed by atoms with van der Waals surface area (Å²) in [6.07, 6.45) is -1.32. The highest BCUT2D eigenvalue weighted by Gasteiger charge is 2.22. The Balaban J connectivity index is 2.06. The summed E-state index contributed by atoms with van der Waals surface area (Å²) in [5.74, 6) is -0.227. The molecule has 0 fully saturated rings. The van der Waals surface area contributed by atoms with Crippen LogP contribution in [0.15, 0.2) is 36.4 Å². The molecule has 2 aromatic carbocycles. The maximum atomic E-state index is 12.3. The van der Waals surface area contributed by atoms with Gasteiger partial charge in [0.05, 0.1) is 32.7 Å². The highest BCUT2D eigenvalue weighted by atomic mass is 16.6. The van der Waals surface area contributed by atoms with Crippen LogP contribution in [0.5, 0.6) is 17.2 Å². The molecule has 0 bridgehead atoms. The second kappa shape index (κ2) is 10.1. The average Bonchev–Trinajstić information content (AvgIpc) is 2.72. The molecule has 10 heteroatoms. The van der Waals surface area contributed by atoms with Gasteiger partial charge >= 0.3 is 5.97 Å². The number of nitrogens with zero attached hydrogens (tertiary/aromatic N) is 1. The molecule has 0 heterocycles. The highest BCUT2D eigenvalue weighted by Crippen LogP contribution is 2.38. The third-order valence-electron chi connectivity index (χ3n) is 4.11. The smallest absolute Gasteiger partial charge is 0.311 e. The number of nitro benzene ring substituents is 1. The molecular formula is C20H22N2O8. The van der Waals surface area contributed by atoms with E-state index in [9.17, 15) is 19.7 Å². The topological polar surface area (TPSA) is 126 Å². The van der Waals surface area contributed by atoms with E-state index in [-0.39, 0.29) is 17.8 Å². The number of benzene rings is 2. The molecule has 160 valence electrons. The van der Waals surface area contributed by atoms with E-state index < -0.39 is 22.9 Å². The molecule has 30 heavy (non-hydrogen) atoms. The predicted octanol–water partition coefficient (Wildman–Crippen LogP) is 2.73. The van der Waals surface area contributed by atoms with Crippen LogP contribution in [0.25, 0.3) is 0 Å². The first-order valence-electron chi connectivity index (χ1n) is 8.83. The van der Waals surface area contributed by atoms with E-state index in [4.69, 9.17) is 18.9 Å². The third-order valence-corrected chi connectivity index (χ3v) is 4.11. The van der Waals surface area contributed by atoms with E-state index >= 15 is 0 Å². The SMILES string of the molecule is COc1cc(CC(=O)O[C@H](C)C(=O)Nc2ccccc2[N+](=O)[O-])cc(OC)c1OC. The molecule has 2 aromatic rings. The molecule has 10 nitrogen and oxygen atoms in total. The van der Waals surface area contributed by atoms with Gasteiger partial charge in [0.1, 0.15) is 5.69 Å². The maximum absolute atomic E-state index is 12.3. The minimum absolute atomic E-state index is 0.0139. The molecule has 0 aliphatic heterocycles. The van der Waals surface area contributed by atoms with Gasteiger partial charge in [0.25, 0.3) is 11.6 Å². The van der Waals surface area contributed by atoms with Crippen LogP contribution in [-0.4, -0.2) is 44.2 Å². The largest absolute Gasteiger partial charge is 0.493 e. The van der Waals surface area contributed by atoms with Crippen LogP contribution in [0.1, 0.15) is 12.5 Å². The molecule has 1 amide bonds. The quantitative estimate of drug-likeness (QED) is 0.374. The lowest BCUT2D eigenvalue weighted by Gasteiger charge is -2.15. The van der Waals surface area contributed by atoms with E-state index in [0.717, 1.165) is 0 Å². The highest BCUT2D eigenvalue weighted by molar-refractivity contribution is 5.97. The van der Waals surface area contributed by atoms with Crippen LogP contribution < -0.4 is 19.5 Å². The number of rotatable bonds is 9. The summed E-state index contributed by atoms with van der Waals surface area (Å²) in [6, 6.07) is 8.87. The summed E-state index contributed by atoms with van der Waals surface area (Å²) in [6.45, 7) is 1.37. The fraction of sp³-hybridized carbons (Fsp3) is 0.300. The summed E-state index contributed by atoms with van der Waals surface area (Å²) in [4.78, 5) is 35.0.